The molecule has 0 saturated heterocycles. The Morgan fingerprint density at radius 1 is 1.33 bits per heavy atom. The molecule has 0 saturated carbocycles. The van der Waals surface area contributed by atoms with Gasteiger partial charge >= 0.3 is 5.97 Å². The Morgan fingerprint density at radius 2 is 2.05 bits per heavy atom. The number of benzene rings is 1. The smallest absolute Gasteiger partial charge is 0.305 e. The van der Waals surface area contributed by atoms with Crippen molar-refractivity contribution in [2.75, 3.05) is 0 Å². The molecule has 0 bridgehead atoms. The highest BCUT2D eigenvalue weighted by atomic mass is 32.1. The van der Waals surface area contributed by atoms with E-state index in [1.807, 2.05) is 30.3 Å². The summed E-state index contributed by atoms with van der Waals surface area (Å²) in [4.78, 5) is 26.8. The third-order valence-electron chi connectivity index (χ3n) is 2.84. The van der Waals surface area contributed by atoms with Gasteiger partial charge in [0.1, 0.15) is 5.69 Å². The Hall–Kier alpha value is -2.21. The molecule has 0 aliphatic carbocycles. The van der Waals surface area contributed by atoms with E-state index in [-0.39, 0.29) is 12.3 Å². The zero-order chi connectivity index (χ0) is 15.2. The van der Waals surface area contributed by atoms with Crippen molar-refractivity contribution in [3.63, 3.8) is 0 Å². The van der Waals surface area contributed by atoms with Crippen LogP contribution < -0.4 is 5.32 Å². The van der Waals surface area contributed by atoms with Crippen molar-refractivity contribution in [1.82, 2.24) is 10.3 Å². The van der Waals surface area contributed by atoms with E-state index in [9.17, 15) is 9.59 Å². The highest BCUT2D eigenvalue weighted by Crippen LogP contribution is 2.15. The van der Waals surface area contributed by atoms with Crippen LogP contribution in [0.4, 0.5) is 0 Å². The minimum Gasteiger partial charge on any atom is -0.481 e. The fourth-order valence-corrected chi connectivity index (χ4v) is 2.69. The highest BCUT2D eigenvalue weighted by molar-refractivity contribution is 7.09. The van der Waals surface area contributed by atoms with Crippen molar-refractivity contribution < 1.29 is 14.7 Å². The van der Waals surface area contributed by atoms with Crippen LogP contribution in [0.25, 0.3) is 0 Å². The van der Waals surface area contributed by atoms with Gasteiger partial charge in [0, 0.05) is 17.8 Å². The Labute approximate surface area is 126 Å². The first kappa shape index (κ1) is 15.2. The van der Waals surface area contributed by atoms with Gasteiger partial charge in [-0.25, -0.2) is 4.98 Å². The van der Waals surface area contributed by atoms with Gasteiger partial charge in [0.25, 0.3) is 5.91 Å². The van der Waals surface area contributed by atoms with Gasteiger partial charge in [-0.2, -0.15) is 0 Å². The van der Waals surface area contributed by atoms with Gasteiger partial charge in [0.2, 0.25) is 0 Å². The molecule has 1 atom stereocenters. The maximum absolute atomic E-state index is 11.9. The number of carbonyl (C=O) groups is 2. The van der Waals surface area contributed by atoms with Crippen LogP contribution in [0.1, 0.15) is 34.4 Å². The molecule has 0 spiro atoms. The third kappa shape index (κ3) is 4.68. The minimum atomic E-state index is -0.939. The van der Waals surface area contributed by atoms with Crippen molar-refractivity contribution in [3.8, 4) is 0 Å². The zero-order valence-corrected chi connectivity index (χ0v) is 12.4. The molecule has 0 radical (unpaired) electrons. The quantitative estimate of drug-likeness (QED) is 0.858. The number of carboxylic acids is 1. The summed E-state index contributed by atoms with van der Waals surface area (Å²) in [5.74, 6) is -1.27. The second kappa shape index (κ2) is 6.99. The number of nitrogens with zero attached hydrogens (tertiary/aromatic N) is 1. The largest absolute Gasteiger partial charge is 0.481 e. The van der Waals surface area contributed by atoms with Gasteiger partial charge in [-0.1, -0.05) is 30.3 Å². The molecule has 1 heterocycles. The molecule has 0 aliphatic heterocycles. The molecule has 2 N–H and O–H groups in total. The monoisotopic (exact) mass is 304 g/mol. The lowest BCUT2D eigenvalue weighted by Crippen LogP contribution is -2.34. The average Bonchev–Trinajstić information content (AvgIpc) is 2.87. The number of carbonyl (C=O) groups excluding carboxylic acids is 1. The molecule has 0 aliphatic rings. The molecular weight excluding hydrogens is 288 g/mol. The first-order valence-electron chi connectivity index (χ1n) is 6.55. The Bertz CT molecular complexity index is 625. The number of rotatable bonds is 6. The van der Waals surface area contributed by atoms with Crippen molar-refractivity contribution >= 4 is 23.2 Å². The van der Waals surface area contributed by atoms with Crippen LogP contribution in [-0.2, 0) is 11.2 Å². The number of amides is 1. The van der Waals surface area contributed by atoms with Crippen LogP contribution >= 0.6 is 11.3 Å². The second-order valence-electron chi connectivity index (χ2n) is 4.76. The fraction of sp³-hybridized carbons (Fsp3) is 0.267. The summed E-state index contributed by atoms with van der Waals surface area (Å²) < 4.78 is 0. The molecule has 6 heteroatoms. The minimum absolute atomic E-state index is 0.104. The lowest BCUT2D eigenvalue weighted by atomic mass is 10.2. The van der Waals surface area contributed by atoms with E-state index in [0.717, 1.165) is 10.6 Å². The average molecular weight is 304 g/mol. The van der Waals surface area contributed by atoms with Crippen LogP contribution in [0.3, 0.4) is 0 Å². The molecule has 2 aromatic rings. The maximum Gasteiger partial charge on any atom is 0.305 e. The molecular formula is C15H16N2O3S. The number of nitrogens with one attached hydrogen (secondary N) is 1. The Balaban J connectivity index is 1.96. The topological polar surface area (TPSA) is 79.3 Å². The molecule has 2 rings (SSSR count). The van der Waals surface area contributed by atoms with Crippen LogP contribution in [0.2, 0.25) is 0 Å². The van der Waals surface area contributed by atoms with Gasteiger partial charge in [-0.05, 0) is 12.5 Å². The van der Waals surface area contributed by atoms with Crippen LogP contribution in [0.15, 0.2) is 35.7 Å². The number of hydrogen-bond donors (Lipinski definition) is 2. The van der Waals surface area contributed by atoms with E-state index >= 15 is 0 Å². The molecule has 21 heavy (non-hydrogen) atoms. The summed E-state index contributed by atoms with van der Waals surface area (Å²) in [7, 11) is 0. The Kier molecular flexibility index (Phi) is 5.05. The lowest BCUT2D eigenvalue weighted by molar-refractivity contribution is -0.137. The highest BCUT2D eigenvalue weighted by Gasteiger charge is 2.15. The van der Waals surface area contributed by atoms with Crippen molar-refractivity contribution in [3.05, 3.63) is 52.0 Å². The number of hydrogen-bond acceptors (Lipinski definition) is 4. The molecule has 1 amide bonds. The van der Waals surface area contributed by atoms with E-state index in [1.54, 1.807) is 12.3 Å². The standard InChI is InChI=1S/C15H16N2O3S/c1-10(7-14(18)19)16-15(20)12-9-21-13(17-12)8-11-5-3-2-4-6-11/h2-6,9-10H,7-8H2,1H3,(H,16,20)(H,18,19). The second-order valence-corrected chi connectivity index (χ2v) is 5.70. The summed E-state index contributed by atoms with van der Waals surface area (Å²) >= 11 is 1.43. The van der Waals surface area contributed by atoms with Gasteiger partial charge in [0.15, 0.2) is 0 Å². The lowest BCUT2D eigenvalue weighted by Gasteiger charge is -2.09. The predicted molar refractivity (Wildman–Crippen MR) is 80.5 cm³/mol. The van der Waals surface area contributed by atoms with E-state index in [2.05, 4.69) is 10.3 Å². The van der Waals surface area contributed by atoms with Crippen LogP contribution in [-0.4, -0.2) is 28.0 Å². The summed E-state index contributed by atoms with van der Waals surface area (Å²) in [5.41, 5.74) is 1.47. The van der Waals surface area contributed by atoms with E-state index in [0.29, 0.717) is 12.1 Å². The predicted octanol–water partition coefficient (Wildman–Crippen LogP) is 2.33. The van der Waals surface area contributed by atoms with Gasteiger partial charge in [0.05, 0.1) is 11.4 Å². The first-order valence-corrected chi connectivity index (χ1v) is 7.43. The number of thiazole rings is 1. The van der Waals surface area contributed by atoms with Crippen molar-refractivity contribution in [1.29, 1.82) is 0 Å². The van der Waals surface area contributed by atoms with Gasteiger partial charge in [-0.15, -0.1) is 11.3 Å². The van der Waals surface area contributed by atoms with Gasteiger partial charge in [-0.3, -0.25) is 9.59 Å². The molecule has 1 unspecified atom stereocenters. The number of aliphatic carboxylic acids is 1. The summed E-state index contributed by atoms with van der Waals surface area (Å²) in [6.45, 7) is 1.66. The molecule has 1 aromatic carbocycles. The molecule has 0 fully saturated rings. The summed E-state index contributed by atoms with van der Waals surface area (Å²) in [6, 6.07) is 9.48. The number of aromatic nitrogens is 1. The van der Waals surface area contributed by atoms with E-state index < -0.39 is 12.0 Å². The molecule has 5 nitrogen and oxygen atoms in total. The normalized spacial score (nSPS) is 11.9. The van der Waals surface area contributed by atoms with E-state index in [4.69, 9.17) is 5.11 Å². The summed E-state index contributed by atoms with van der Waals surface area (Å²) in [6.07, 6.45) is 0.580. The van der Waals surface area contributed by atoms with Crippen molar-refractivity contribution in [2.24, 2.45) is 0 Å². The first-order chi connectivity index (χ1) is 10.0. The third-order valence-corrected chi connectivity index (χ3v) is 3.69. The van der Waals surface area contributed by atoms with E-state index in [1.165, 1.54) is 11.3 Å². The Morgan fingerprint density at radius 3 is 2.71 bits per heavy atom. The zero-order valence-electron chi connectivity index (χ0n) is 11.6. The van der Waals surface area contributed by atoms with Gasteiger partial charge < -0.3 is 10.4 Å². The van der Waals surface area contributed by atoms with Crippen molar-refractivity contribution in [2.45, 2.75) is 25.8 Å². The number of carboxylic acid groups (broad SMARTS) is 1. The molecule has 110 valence electrons. The summed E-state index contributed by atoms with van der Waals surface area (Å²) in [5, 5.41) is 13.9. The molecule has 1 aromatic heterocycles. The SMILES string of the molecule is CC(CC(=O)O)NC(=O)c1csc(Cc2ccccc2)n1. The van der Waals surface area contributed by atoms with Crippen LogP contribution in [0.5, 0.6) is 0 Å². The maximum atomic E-state index is 11.9. The van der Waals surface area contributed by atoms with Crippen LogP contribution in [0, 0.1) is 0 Å². The fourth-order valence-electron chi connectivity index (χ4n) is 1.88.